The number of hydrogen-bond donors (Lipinski definition) is 0. The molecule has 0 saturated carbocycles. The summed E-state index contributed by atoms with van der Waals surface area (Å²) in [4.78, 5) is 25.7. The minimum Gasteiger partial charge on any atom is -0.465 e. The van der Waals surface area contributed by atoms with Gasteiger partial charge in [-0.2, -0.15) is 5.10 Å². The molecular formula is C21H21N3O3. The van der Waals surface area contributed by atoms with Crippen molar-refractivity contribution in [3.8, 4) is 0 Å². The van der Waals surface area contributed by atoms with E-state index >= 15 is 0 Å². The lowest BCUT2D eigenvalue weighted by Crippen LogP contribution is -2.26. The smallest absolute Gasteiger partial charge is 0.337 e. The Morgan fingerprint density at radius 1 is 1.00 bits per heavy atom. The Morgan fingerprint density at radius 2 is 1.67 bits per heavy atom. The van der Waals surface area contributed by atoms with E-state index in [2.05, 4.69) is 22.0 Å². The molecule has 0 aliphatic carbocycles. The Labute approximate surface area is 158 Å². The molecule has 6 heteroatoms. The molecule has 0 unspecified atom stereocenters. The van der Waals surface area contributed by atoms with Crippen molar-refractivity contribution < 1.29 is 14.3 Å². The largest absolute Gasteiger partial charge is 0.465 e. The zero-order chi connectivity index (χ0) is 19.2. The molecule has 0 aliphatic heterocycles. The van der Waals surface area contributed by atoms with E-state index < -0.39 is 5.97 Å². The molecule has 0 saturated heterocycles. The summed E-state index contributed by atoms with van der Waals surface area (Å²) in [5.74, 6) is -0.546. The van der Waals surface area contributed by atoms with E-state index in [1.165, 1.54) is 12.7 Å². The maximum Gasteiger partial charge on any atom is 0.337 e. The molecule has 0 radical (unpaired) electrons. The van der Waals surface area contributed by atoms with E-state index in [0.717, 1.165) is 5.56 Å². The SMILES string of the molecule is COC(=O)c1ccc(C(=O)N(C)Cc2cnn(Cc3ccccc3)c2)cc1. The number of hydrogen-bond acceptors (Lipinski definition) is 4. The van der Waals surface area contributed by atoms with Crippen LogP contribution in [0, 0.1) is 0 Å². The molecule has 0 fully saturated rings. The summed E-state index contributed by atoms with van der Waals surface area (Å²) in [6.07, 6.45) is 3.71. The van der Waals surface area contributed by atoms with Gasteiger partial charge in [-0.15, -0.1) is 0 Å². The van der Waals surface area contributed by atoms with Crippen LogP contribution in [0.1, 0.15) is 31.8 Å². The number of ether oxygens (including phenoxy) is 1. The van der Waals surface area contributed by atoms with Gasteiger partial charge in [-0.1, -0.05) is 30.3 Å². The molecule has 0 aliphatic rings. The van der Waals surface area contributed by atoms with Crippen molar-refractivity contribution in [2.24, 2.45) is 0 Å². The number of nitrogens with zero attached hydrogens (tertiary/aromatic N) is 3. The highest BCUT2D eigenvalue weighted by Gasteiger charge is 2.14. The second-order valence-electron chi connectivity index (χ2n) is 6.26. The molecule has 2 aromatic carbocycles. The van der Waals surface area contributed by atoms with Crippen LogP contribution in [-0.4, -0.2) is 40.7 Å². The van der Waals surface area contributed by atoms with Crippen LogP contribution in [0.4, 0.5) is 0 Å². The predicted molar refractivity (Wildman–Crippen MR) is 101 cm³/mol. The number of methoxy groups -OCH3 is 1. The predicted octanol–water partition coefficient (Wildman–Crippen LogP) is 2.99. The van der Waals surface area contributed by atoms with Gasteiger partial charge in [0.25, 0.3) is 5.91 Å². The normalized spacial score (nSPS) is 10.4. The minimum absolute atomic E-state index is 0.123. The molecule has 0 spiro atoms. The minimum atomic E-state index is -0.423. The molecule has 1 amide bonds. The molecule has 6 nitrogen and oxygen atoms in total. The van der Waals surface area contributed by atoms with Gasteiger partial charge in [0.05, 0.1) is 25.4 Å². The van der Waals surface area contributed by atoms with Gasteiger partial charge in [0.15, 0.2) is 0 Å². The average Bonchev–Trinajstić information content (AvgIpc) is 3.14. The molecule has 0 N–H and O–H groups in total. The highest BCUT2D eigenvalue weighted by molar-refractivity contribution is 5.96. The van der Waals surface area contributed by atoms with Crippen LogP contribution < -0.4 is 0 Å². The van der Waals surface area contributed by atoms with Crippen LogP contribution in [0.5, 0.6) is 0 Å². The third-order valence-corrected chi connectivity index (χ3v) is 4.19. The Kier molecular flexibility index (Phi) is 5.66. The number of benzene rings is 2. The van der Waals surface area contributed by atoms with Gasteiger partial charge in [-0.3, -0.25) is 9.48 Å². The van der Waals surface area contributed by atoms with Gasteiger partial charge >= 0.3 is 5.97 Å². The Bertz CT molecular complexity index is 917. The second-order valence-corrected chi connectivity index (χ2v) is 6.26. The van der Waals surface area contributed by atoms with Crippen molar-refractivity contribution in [2.75, 3.05) is 14.2 Å². The molecule has 0 atom stereocenters. The number of rotatable bonds is 6. The molecule has 3 rings (SSSR count). The van der Waals surface area contributed by atoms with Gasteiger partial charge in [0.1, 0.15) is 0 Å². The first-order valence-corrected chi connectivity index (χ1v) is 8.56. The number of carbonyl (C=O) groups excluding carboxylic acids is 2. The van der Waals surface area contributed by atoms with E-state index in [-0.39, 0.29) is 5.91 Å². The first kappa shape index (κ1) is 18.4. The summed E-state index contributed by atoms with van der Waals surface area (Å²) in [5.41, 5.74) is 3.05. The van der Waals surface area contributed by atoms with Gasteiger partial charge < -0.3 is 9.64 Å². The lowest BCUT2D eigenvalue weighted by atomic mass is 10.1. The molecule has 0 bridgehead atoms. The summed E-state index contributed by atoms with van der Waals surface area (Å²) < 4.78 is 6.52. The van der Waals surface area contributed by atoms with Crippen LogP contribution in [0.3, 0.4) is 0 Å². The summed E-state index contributed by atoms with van der Waals surface area (Å²) in [6.45, 7) is 1.14. The van der Waals surface area contributed by atoms with Crippen molar-refractivity contribution in [3.05, 3.63) is 89.2 Å². The highest BCUT2D eigenvalue weighted by atomic mass is 16.5. The first-order chi connectivity index (χ1) is 13.1. The Morgan fingerprint density at radius 3 is 2.33 bits per heavy atom. The highest BCUT2D eigenvalue weighted by Crippen LogP contribution is 2.11. The average molecular weight is 363 g/mol. The van der Waals surface area contributed by atoms with E-state index in [0.29, 0.717) is 24.2 Å². The zero-order valence-electron chi connectivity index (χ0n) is 15.3. The summed E-state index contributed by atoms with van der Waals surface area (Å²) in [5, 5.41) is 4.36. The fourth-order valence-electron chi connectivity index (χ4n) is 2.78. The van der Waals surface area contributed by atoms with Crippen LogP contribution in [0.15, 0.2) is 67.0 Å². The fourth-order valence-corrected chi connectivity index (χ4v) is 2.78. The zero-order valence-corrected chi connectivity index (χ0v) is 15.3. The standard InChI is InChI=1S/C21H21N3O3/c1-23(20(25)18-8-10-19(11-9-18)21(26)27-2)13-17-12-22-24(15-17)14-16-6-4-3-5-7-16/h3-12,15H,13-14H2,1-2H3. The number of amides is 1. The third kappa shape index (κ3) is 4.61. The van der Waals surface area contributed by atoms with Crippen molar-refractivity contribution in [1.29, 1.82) is 0 Å². The van der Waals surface area contributed by atoms with Gasteiger partial charge in [0.2, 0.25) is 0 Å². The quantitative estimate of drug-likeness (QED) is 0.632. The third-order valence-electron chi connectivity index (χ3n) is 4.19. The van der Waals surface area contributed by atoms with Crippen LogP contribution in [-0.2, 0) is 17.8 Å². The number of aromatic nitrogens is 2. The van der Waals surface area contributed by atoms with E-state index in [4.69, 9.17) is 0 Å². The monoisotopic (exact) mass is 363 g/mol. The maximum absolute atomic E-state index is 12.6. The van der Waals surface area contributed by atoms with Gasteiger partial charge in [0, 0.05) is 30.9 Å². The van der Waals surface area contributed by atoms with Crippen LogP contribution in [0.25, 0.3) is 0 Å². The Hall–Kier alpha value is -3.41. The lowest BCUT2D eigenvalue weighted by molar-refractivity contribution is 0.0600. The lowest BCUT2D eigenvalue weighted by Gasteiger charge is -2.16. The van der Waals surface area contributed by atoms with Crippen LogP contribution >= 0.6 is 0 Å². The maximum atomic E-state index is 12.6. The summed E-state index contributed by atoms with van der Waals surface area (Å²) in [6, 6.07) is 16.5. The number of esters is 1. The molecular weight excluding hydrogens is 342 g/mol. The van der Waals surface area contributed by atoms with Crippen molar-refractivity contribution in [1.82, 2.24) is 14.7 Å². The van der Waals surface area contributed by atoms with E-state index in [1.807, 2.05) is 29.1 Å². The number of carbonyl (C=O) groups is 2. The molecule has 1 heterocycles. The van der Waals surface area contributed by atoms with Crippen LogP contribution in [0.2, 0.25) is 0 Å². The van der Waals surface area contributed by atoms with Gasteiger partial charge in [-0.25, -0.2) is 4.79 Å². The van der Waals surface area contributed by atoms with Crippen molar-refractivity contribution in [3.63, 3.8) is 0 Å². The fraction of sp³-hybridized carbons (Fsp3) is 0.190. The van der Waals surface area contributed by atoms with Crippen molar-refractivity contribution in [2.45, 2.75) is 13.1 Å². The molecule has 138 valence electrons. The van der Waals surface area contributed by atoms with E-state index in [1.54, 1.807) is 42.4 Å². The second kappa shape index (κ2) is 8.31. The Balaban J connectivity index is 1.62. The van der Waals surface area contributed by atoms with E-state index in [9.17, 15) is 9.59 Å². The molecule has 1 aromatic heterocycles. The molecule has 27 heavy (non-hydrogen) atoms. The van der Waals surface area contributed by atoms with Crippen molar-refractivity contribution >= 4 is 11.9 Å². The topological polar surface area (TPSA) is 64.4 Å². The summed E-state index contributed by atoms with van der Waals surface area (Å²) in [7, 11) is 3.07. The molecule has 3 aromatic rings. The van der Waals surface area contributed by atoms with Gasteiger partial charge in [-0.05, 0) is 29.8 Å². The first-order valence-electron chi connectivity index (χ1n) is 8.56. The summed E-state index contributed by atoms with van der Waals surface area (Å²) >= 11 is 0.